The summed E-state index contributed by atoms with van der Waals surface area (Å²) >= 11 is 0. The van der Waals surface area contributed by atoms with E-state index in [-0.39, 0.29) is 24.9 Å². The van der Waals surface area contributed by atoms with Crippen molar-refractivity contribution in [1.82, 2.24) is 10.2 Å². The highest BCUT2D eigenvalue weighted by atomic mass is 35.5. The molecule has 0 fully saturated rings. The van der Waals surface area contributed by atoms with Gasteiger partial charge in [0.25, 0.3) is 0 Å². The molecule has 0 heterocycles. The molecule has 0 saturated carbocycles. The molecule has 0 aliphatic rings. The highest BCUT2D eigenvalue weighted by molar-refractivity contribution is 7.95. The van der Waals surface area contributed by atoms with Crippen LogP contribution in [-0.4, -0.2) is 48.8 Å². The van der Waals surface area contributed by atoms with E-state index < -0.39 is 19.0 Å². The predicted molar refractivity (Wildman–Crippen MR) is 147 cm³/mol. The quantitative estimate of drug-likeness (QED) is 0.338. The molecular weight excluding hydrogens is 491 g/mol. The van der Waals surface area contributed by atoms with Gasteiger partial charge in [0.2, 0.25) is 5.91 Å². The Kier molecular flexibility index (Phi) is 11.0. The Morgan fingerprint density at radius 2 is 1.22 bits per heavy atom. The fourth-order valence-corrected chi connectivity index (χ4v) is 8.45. The molecule has 192 valence electrons. The third kappa shape index (κ3) is 7.81. The summed E-state index contributed by atoms with van der Waals surface area (Å²) < 4.78 is 5.33. The Balaban J connectivity index is 0.00000456. The SMILES string of the molecule is CN(CC(=O)NCCC[P+](c1ccccc1)(c1ccccc1)c1ccccc1)C(=O)OC(C)(C)C.[Cl-]. The number of likely N-dealkylation sites (N-methyl/N-ethyl adjacent to an activating group) is 1. The van der Waals surface area contributed by atoms with E-state index in [0.29, 0.717) is 6.54 Å². The zero-order valence-corrected chi connectivity index (χ0v) is 23.1. The van der Waals surface area contributed by atoms with Crippen molar-refractivity contribution < 1.29 is 26.7 Å². The van der Waals surface area contributed by atoms with Gasteiger partial charge in [0, 0.05) is 13.6 Å². The topological polar surface area (TPSA) is 58.6 Å². The molecule has 0 bridgehead atoms. The normalized spacial score (nSPS) is 11.2. The van der Waals surface area contributed by atoms with E-state index in [9.17, 15) is 9.59 Å². The van der Waals surface area contributed by atoms with Gasteiger partial charge >= 0.3 is 6.09 Å². The Labute approximate surface area is 222 Å². The van der Waals surface area contributed by atoms with Crippen LogP contribution >= 0.6 is 7.26 Å². The van der Waals surface area contributed by atoms with E-state index in [1.165, 1.54) is 20.8 Å². The summed E-state index contributed by atoms with van der Waals surface area (Å²) in [6, 6.07) is 32.1. The van der Waals surface area contributed by atoms with Gasteiger partial charge in [-0.25, -0.2) is 4.79 Å². The first-order chi connectivity index (χ1) is 16.7. The number of hydrogen-bond acceptors (Lipinski definition) is 3. The number of carbonyl (C=O) groups is 2. The van der Waals surface area contributed by atoms with Crippen molar-refractivity contribution >= 4 is 35.2 Å². The Morgan fingerprint density at radius 3 is 1.61 bits per heavy atom. The number of nitrogens with zero attached hydrogens (tertiary/aromatic N) is 1. The molecule has 2 amide bonds. The molecule has 0 saturated heterocycles. The maximum atomic E-state index is 12.5. The molecule has 0 unspecified atom stereocenters. The van der Waals surface area contributed by atoms with Gasteiger partial charge in [0.1, 0.15) is 35.3 Å². The molecule has 3 rings (SSSR count). The number of benzene rings is 3. The summed E-state index contributed by atoms with van der Waals surface area (Å²) in [4.78, 5) is 26.0. The summed E-state index contributed by atoms with van der Waals surface area (Å²) in [5.74, 6) is -0.193. The van der Waals surface area contributed by atoms with Crippen LogP contribution in [0.15, 0.2) is 91.0 Å². The lowest BCUT2D eigenvalue weighted by Crippen LogP contribution is -3.00. The predicted octanol–water partition coefficient (Wildman–Crippen LogP) is 1.36. The van der Waals surface area contributed by atoms with Crippen LogP contribution in [0, 0.1) is 0 Å². The largest absolute Gasteiger partial charge is 1.00 e. The highest BCUT2D eigenvalue weighted by Gasteiger charge is 2.44. The van der Waals surface area contributed by atoms with Crippen molar-refractivity contribution in [1.29, 1.82) is 0 Å². The molecule has 0 aromatic heterocycles. The summed E-state index contributed by atoms with van der Waals surface area (Å²) in [6.07, 6.45) is 1.23. The third-order valence-corrected chi connectivity index (χ3v) is 10.2. The van der Waals surface area contributed by atoms with Crippen molar-refractivity contribution in [2.45, 2.75) is 32.8 Å². The first-order valence-corrected chi connectivity index (χ1v) is 14.0. The third-order valence-electron chi connectivity index (χ3n) is 5.67. The average Bonchev–Trinajstić information content (AvgIpc) is 2.85. The van der Waals surface area contributed by atoms with Gasteiger partial charge in [-0.15, -0.1) is 0 Å². The number of ether oxygens (including phenoxy) is 1. The minimum Gasteiger partial charge on any atom is -1.00 e. The van der Waals surface area contributed by atoms with E-state index in [2.05, 4.69) is 96.3 Å². The van der Waals surface area contributed by atoms with Crippen LogP contribution in [0.2, 0.25) is 0 Å². The number of hydrogen-bond donors (Lipinski definition) is 1. The number of amides is 2. The summed E-state index contributed by atoms with van der Waals surface area (Å²) in [6.45, 7) is 5.92. The summed E-state index contributed by atoms with van der Waals surface area (Å²) in [5.41, 5.74) is -0.596. The molecule has 0 aliphatic heterocycles. The van der Waals surface area contributed by atoms with Gasteiger partial charge in [0.15, 0.2) is 0 Å². The fraction of sp³-hybridized carbons (Fsp3) is 0.310. The monoisotopic (exact) mass is 526 g/mol. The summed E-state index contributed by atoms with van der Waals surface area (Å²) in [7, 11) is -0.342. The van der Waals surface area contributed by atoms with Gasteiger partial charge in [-0.3, -0.25) is 4.79 Å². The minimum absolute atomic E-state index is 0. The molecule has 0 atom stereocenters. The fourth-order valence-electron chi connectivity index (χ4n) is 4.10. The lowest BCUT2D eigenvalue weighted by atomic mass is 10.2. The number of halogens is 1. The Hall–Kier alpha value is -2.88. The molecule has 0 radical (unpaired) electrons. The second kappa shape index (κ2) is 13.4. The smallest absolute Gasteiger partial charge is 0.410 e. The molecule has 36 heavy (non-hydrogen) atoms. The first-order valence-electron chi connectivity index (χ1n) is 12.0. The van der Waals surface area contributed by atoms with Crippen molar-refractivity contribution in [3.8, 4) is 0 Å². The molecule has 1 N–H and O–H groups in total. The second-order valence-electron chi connectivity index (χ2n) is 9.58. The first kappa shape index (κ1) is 29.4. The molecule has 3 aromatic carbocycles. The van der Waals surface area contributed by atoms with Gasteiger partial charge < -0.3 is 27.4 Å². The number of rotatable bonds is 9. The minimum atomic E-state index is -1.92. The van der Waals surface area contributed by atoms with Gasteiger partial charge in [-0.1, -0.05) is 54.6 Å². The van der Waals surface area contributed by atoms with E-state index in [1.54, 1.807) is 27.8 Å². The molecule has 0 spiro atoms. The molecule has 7 heteroatoms. The van der Waals surface area contributed by atoms with Gasteiger partial charge in [-0.2, -0.15) is 0 Å². The van der Waals surface area contributed by atoms with Gasteiger partial charge in [-0.05, 0) is 63.6 Å². The van der Waals surface area contributed by atoms with Crippen molar-refractivity contribution in [3.63, 3.8) is 0 Å². The van der Waals surface area contributed by atoms with Crippen LogP contribution in [0.4, 0.5) is 4.79 Å². The van der Waals surface area contributed by atoms with Crippen LogP contribution < -0.4 is 33.6 Å². The maximum Gasteiger partial charge on any atom is 0.410 e. The van der Waals surface area contributed by atoms with Crippen LogP contribution in [0.25, 0.3) is 0 Å². The molecule has 0 aliphatic carbocycles. The Bertz CT molecular complexity index is 993. The van der Waals surface area contributed by atoms with Gasteiger partial charge in [0.05, 0.1) is 6.16 Å². The lowest BCUT2D eigenvalue weighted by Gasteiger charge is -2.28. The Morgan fingerprint density at radius 1 is 0.806 bits per heavy atom. The van der Waals surface area contributed by atoms with Crippen LogP contribution in [-0.2, 0) is 9.53 Å². The molecular formula is C29H36ClN2O3P. The highest BCUT2D eigenvalue weighted by Crippen LogP contribution is 2.55. The second-order valence-corrected chi connectivity index (χ2v) is 13.2. The summed E-state index contributed by atoms with van der Waals surface area (Å²) in [5, 5.41) is 6.97. The number of carbonyl (C=O) groups excluding carboxylic acids is 2. The van der Waals surface area contributed by atoms with Crippen LogP contribution in [0.3, 0.4) is 0 Å². The number of nitrogens with one attached hydrogen (secondary N) is 1. The van der Waals surface area contributed by atoms with Crippen molar-refractivity contribution in [2.24, 2.45) is 0 Å². The molecule has 3 aromatic rings. The lowest BCUT2D eigenvalue weighted by molar-refractivity contribution is -0.122. The van der Waals surface area contributed by atoms with E-state index >= 15 is 0 Å². The zero-order valence-electron chi connectivity index (χ0n) is 21.5. The van der Waals surface area contributed by atoms with E-state index in [1.807, 2.05) is 0 Å². The zero-order chi connectivity index (χ0) is 25.3. The van der Waals surface area contributed by atoms with E-state index in [0.717, 1.165) is 12.6 Å². The average molecular weight is 527 g/mol. The standard InChI is InChI=1S/C29H35N2O3P.ClH/c1-29(2,3)34-28(33)31(4)23-27(32)30-21-14-22-35(24-15-8-5-9-16-24,25-17-10-6-11-18-25)26-19-12-7-13-20-26;/h5-13,15-20H,14,21-23H2,1-4H3;1H. The van der Waals surface area contributed by atoms with Crippen LogP contribution in [0.5, 0.6) is 0 Å². The molecule has 5 nitrogen and oxygen atoms in total. The van der Waals surface area contributed by atoms with Crippen molar-refractivity contribution in [3.05, 3.63) is 91.0 Å². The van der Waals surface area contributed by atoms with E-state index in [4.69, 9.17) is 4.74 Å². The van der Waals surface area contributed by atoms with Crippen molar-refractivity contribution in [2.75, 3.05) is 26.3 Å². The maximum absolute atomic E-state index is 12.5. The van der Waals surface area contributed by atoms with Crippen LogP contribution in [0.1, 0.15) is 27.2 Å².